The lowest BCUT2D eigenvalue weighted by molar-refractivity contribution is 0.0965. The summed E-state index contributed by atoms with van der Waals surface area (Å²) in [5.41, 5.74) is 8.21. The Balaban J connectivity index is 1.43. The Labute approximate surface area is 226 Å². The number of hydrogen-bond acceptors (Lipinski definition) is 8. The molecule has 9 nitrogen and oxygen atoms in total. The van der Waals surface area contributed by atoms with Crippen LogP contribution >= 0.6 is 11.3 Å². The molecule has 0 saturated heterocycles. The van der Waals surface area contributed by atoms with Crippen molar-refractivity contribution in [1.82, 2.24) is 20.3 Å². The highest BCUT2D eigenvalue weighted by Gasteiger charge is 2.25. The molecule has 0 atom stereocenters. The first-order chi connectivity index (χ1) is 18.8. The molecule has 0 bridgehead atoms. The molecule has 0 spiro atoms. The van der Waals surface area contributed by atoms with Crippen molar-refractivity contribution in [2.24, 2.45) is 0 Å². The zero-order valence-corrected chi connectivity index (χ0v) is 21.7. The summed E-state index contributed by atoms with van der Waals surface area (Å²) in [6.45, 7) is 0.227. The van der Waals surface area contributed by atoms with Gasteiger partial charge in [-0.15, -0.1) is 11.3 Å². The Kier molecular flexibility index (Phi) is 6.04. The first-order valence-electron chi connectivity index (χ1n) is 11.7. The van der Waals surface area contributed by atoms with Gasteiger partial charge in [-0.3, -0.25) is 9.52 Å². The molecule has 6 rings (SSSR count). The number of nitrogen functional groups attached to an aromatic ring is 1. The highest BCUT2D eigenvalue weighted by molar-refractivity contribution is 7.92. The maximum absolute atomic E-state index is 16.0. The van der Waals surface area contributed by atoms with E-state index in [9.17, 15) is 13.2 Å². The van der Waals surface area contributed by atoms with Crippen molar-refractivity contribution < 1.29 is 17.6 Å². The van der Waals surface area contributed by atoms with E-state index in [1.807, 2.05) is 30.3 Å². The van der Waals surface area contributed by atoms with E-state index in [2.05, 4.69) is 20.0 Å². The maximum Gasteiger partial charge on any atom is 0.261 e. The summed E-state index contributed by atoms with van der Waals surface area (Å²) in [7, 11) is -4.16. The second-order valence-corrected chi connectivity index (χ2v) is 11.3. The molecule has 2 aromatic heterocycles. The van der Waals surface area contributed by atoms with Crippen LogP contribution in [0.4, 0.5) is 16.0 Å². The highest BCUT2D eigenvalue weighted by Crippen LogP contribution is 2.42. The first-order valence-corrected chi connectivity index (χ1v) is 14.0. The van der Waals surface area contributed by atoms with Gasteiger partial charge >= 0.3 is 0 Å². The van der Waals surface area contributed by atoms with Crippen LogP contribution in [0.25, 0.3) is 32.4 Å². The summed E-state index contributed by atoms with van der Waals surface area (Å²) in [4.78, 5) is 25.3. The van der Waals surface area contributed by atoms with Crippen LogP contribution in [0, 0.1) is 5.82 Å². The van der Waals surface area contributed by atoms with E-state index in [-0.39, 0.29) is 40.2 Å². The van der Waals surface area contributed by atoms with E-state index in [1.54, 1.807) is 12.1 Å². The molecule has 0 unspecified atom stereocenters. The molecule has 3 heterocycles. The molecule has 4 N–H and O–H groups in total. The predicted octanol–water partition coefficient (Wildman–Crippen LogP) is 4.70. The summed E-state index contributed by atoms with van der Waals surface area (Å²) in [5.74, 6) is -1.01. The van der Waals surface area contributed by atoms with Gasteiger partial charge in [0, 0.05) is 29.4 Å². The minimum atomic E-state index is -4.16. The van der Waals surface area contributed by atoms with Gasteiger partial charge in [0.1, 0.15) is 5.01 Å². The van der Waals surface area contributed by atoms with Crippen LogP contribution < -0.4 is 15.8 Å². The van der Waals surface area contributed by atoms with Crippen molar-refractivity contribution in [3.8, 4) is 32.4 Å². The Morgan fingerprint density at radius 1 is 0.974 bits per heavy atom. The summed E-state index contributed by atoms with van der Waals surface area (Å²) in [5, 5.41) is 3.28. The number of amides is 1. The van der Waals surface area contributed by atoms with Gasteiger partial charge in [-0.1, -0.05) is 36.4 Å². The lowest BCUT2D eigenvalue weighted by Gasteiger charge is -2.12. The lowest BCUT2D eigenvalue weighted by Crippen LogP contribution is -2.14. The predicted molar refractivity (Wildman–Crippen MR) is 147 cm³/mol. The molecule has 1 amide bonds. The molecule has 0 aliphatic carbocycles. The number of halogens is 1. The van der Waals surface area contributed by atoms with E-state index >= 15 is 4.39 Å². The van der Waals surface area contributed by atoms with Gasteiger partial charge in [0.05, 0.1) is 26.8 Å². The number of nitrogens with two attached hydrogens (primary N) is 1. The van der Waals surface area contributed by atoms with Gasteiger partial charge in [-0.2, -0.15) is 0 Å². The molecule has 5 aromatic rings. The molecule has 12 heteroatoms. The van der Waals surface area contributed by atoms with Crippen molar-refractivity contribution in [3.63, 3.8) is 0 Å². The van der Waals surface area contributed by atoms with Crippen molar-refractivity contribution in [3.05, 3.63) is 95.9 Å². The Bertz CT molecular complexity index is 1860. The molecular formula is C27H19FN6O3S2. The number of nitrogens with zero attached hydrogens (tertiary/aromatic N) is 3. The average molecular weight is 559 g/mol. The number of sulfonamides is 1. The monoisotopic (exact) mass is 558 g/mol. The number of carbonyl (C=O) groups is 1. The van der Waals surface area contributed by atoms with E-state index in [0.29, 0.717) is 26.7 Å². The SMILES string of the molecule is Nc1nccc(-c2sc(-c3ccccc3)nc2-c2cccc(NS(=O)(=O)c3ccc4c(c3)CNC4=O)c2F)n1. The summed E-state index contributed by atoms with van der Waals surface area (Å²) in [6.07, 6.45) is 1.50. The minimum Gasteiger partial charge on any atom is -0.368 e. The zero-order chi connectivity index (χ0) is 27.1. The Morgan fingerprint density at radius 2 is 1.79 bits per heavy atom. The van der Waals surface area contributed by atoms with E-state index in [4.69, 9.17) is 10.7 Å². The van der Waals surface area contributed by atoms with Gasteiger partial charge in [0.15, 0.2) is 5.82 Å². The molecule has 1 aliphatic rings. The number of aromatic nitrogens is 3. The quantitative estimate of drug-likeness (QED) is 0.274. The number of fused-ring (bicyclic) bond motifs is 1. The van der Waals surface area contributed by atoms with Crippen molar-refractivity contribution in [1.29, 1.82) is 0 Å². The number of rotatable bonds is 6. The van der Waals surface area contributed by atoms with Crippen LogP contribution in [0.3, 0.4) is 0 Å². The zero-order valence-electron chi connectivity index (χ0n) is 20.1. The standard InChI is InChI=1S/C27H19FN6O3S2/c28-22-19(7-4-8-20(22)34-39(36,37)17-9-10-18-16(13-17)14-31-25(18)35)23-24(21-11-12-30-27(29)32-21)38-26(33-23)15-5-2-1-3-6-15/h1-13,34H,14H2,(H,31,35)(H2,29,30,32). The number of carbonyl (C=O) groups excluding carboxylic acids is 1. The van der Waals surface area contributed by atoms with Gasteiger partial charge < -0.3 is 11.1 Å². The summed E-state index contributed by atoms with van der Waals surface area (Å²) in [6, 6.07) is 19.6. The molecule has 39 heavy (non-hydrogen) atoms. The fourth-order valence-electron chi connectivity index (χ4n) is 4.25. The van der Waals surface area contributed by atoms with Crippen LogP contribution in [0.1, 0.15) is 15.9 Å². The van der Waals surface area contributed by atoms with E-state index < -0.39 is 15.8 Å². The van der Waals surface area contributed by atoms with Crippen LogP contribution in [0.2, 0.25) is 0 Å². The molecule has 0 radical (unpaired) electrons. The molecule has 0 fully saturated rings. The van der Waals surface area contributed by atoms with E-state index in [0.717, 1.165) is 5.56 Å². The summed E-state index contributed by atoms with van der Waals surface area (Å²) < 4.78 is 44.7. The lowest BCUT2D eigenvalue weighted by atomic mass is 10.1. The number of anilines is 2. The Morgan fingerprint density at radius 3 is 2.59 bits per heavy atom. The molecular weight excluding hydrogens is 539 g/mol. The average Bonchev–Trinajstić information content (AvgIpc) is 3.54. The number of thiazole rings is 1. The van der Waals surface area contributed by atoms with Crippen molar-refractivity contribution >= 4 is 38.9 Å². The van der Waals surface area contributed by atoms with Gasteiger partial charge in [-0.05, 0) is 42.0 Å². The van der Waals surface area contributed by atoms with Gasteiger partial charge in [0.2, 0.25) is 5.95 Å². The molecule has 3 aromatic carbocycles. The number of hydrogen-bond donors (Lipinski definition) is 3. The third-order valence-corrected chi connectivity index (χ3v) is 8.61. The fourth-order valence-corrected chi connectivity index (χ4v) is 6.42. The van der Waals surface area contributed by atoms with Crippen LogP contribution in [0.15, 0.2) is 83.9 Å². The van der Waals surface area contributed by atoms with Crippen LogP contribution in [0.5, 0.6) is 0 Å². The second kappa shape index (κ2) is 9.57. The molecule has 0 saturated carbocycles. The fraction of sp³-hybridized carbons (Fsp3) is 0.0370. The number of nitrogens with one attached hydrogen (secondary N) is 2. The van der Waals surface area contributed by atoms with Gasteiger partial charge in [-0.25, -0.2) is 27.8 Å². The smallest absolute Gasteiger partial charge is 0.261 e. The van der Waals surface area contributed by atoms with Crippen molar-refractivity contribution in [2.45, 2.75) is 11.4 Å². The highest BCUT2D eigenvalue weighted by atomic mass is 32.2. The molecule has 194 valence electrons. The molecule has 1 aliphatic heterocycles. The van der Waals surface area contributed by atoms with E-state index in [1.165, 1.54) is 47.9 Å². The Hall–Kier alpha value is -4.68. The van der Waals surface area contributed by atoms with Gasteiger partial charge in [0.25, 0.3) is 15.9 Å². The second-order valence-electron chi connectivity index (χ2n) is 8.64. The van der Waals surface area contributed by atoms with Crippen molar-refractivity contribution in [2.75, 3.05) is 10.5 Å². The summed E-state index contributed by atoms with van der Waals surface area (Å²) >= 11 is 1.31. The topological polar surface area (TPSA) is 140 Å². The number of benzene rings is 3. The first kappa shape index (κ1) is 24.6. The maximum atomic E-state index is 16.0. The third kappa shape index (κ3) is 4.60. The van der Waals surface area contributed by atoms with Crippen LogP contribution in [-0.4, -0.2) is 29.3 Å². The minimum absolute atomic E-state index is 0.0568. The normalized spacial score (nSPS) is 12.7. The third-order valence-electron chi connectivity index (χ3n) is 6.12. The van der Waals surface area contributed by atoms with Crippen LogP contribution in [-0.2, 0) is 16.6 Å². The largest absolute Gasteiger partial charge is 0.368 e.